The van der Waals surface area contributed by atoms with Gasteiger partial charge in [0.2, 0.25) is 10.0 Å². The first-order valence-corrected chi connectivity index (χ1v) is 7.21. The molecule has 0 bridgehead atoms. The van der Waals surface area contributed by atoms with Gasteiger partial charge in [-0.1, -0.05) is 17.9 Å². The lowest BCUT2D eigenvalue weighted by molar-refractivity contribution is 0.0956. The molecule has 1 rings (SSSR count). The van der Waals surface area contributed by atoms with E-state index < -0.39 is 10.0 Å². The second kappa shape index (κ2) is 6.89. The number of benzene rings is 1. The number of carbonyl (C=O) groups is 1. The first kappa shape index (κ1) is 15.2. The Morgan fingerprint density at radius 1 is 1.37 bits per heavy atom. The van der Waals surface area contributed by atoms with Crippen molar-refractivity contribution in [1.29, 1.82) is 0 Å². The maximum absolute atomic E-state index is 11.7. The smallest absolute Gasteiger partial charge is 0.251 e. The summed E-state index contributed by atoms with van der Waals surface area (Å²) < 4.78 is 21.4. The van der Waals surface area contributed by atoms with Crippen LogP contribution in [0.15, 0.2) is 24.3 Å². The van der Waals surface area contributed by atoms with Crippen LogP contribution in [0, 0.1) is 11.8 Å². The fourth-order valence-electron chi connectivity index (χ4n) is 1.30. The van der Waals surface area contributed by atoms with Gasteiger partial charge in [-0.3, -0.25) is 4.79 Å². The van der Waals surface area contributed by atoms with Crippen LogP contribution in [-0.4, -0.2) is 33.2 Å². The third kappa shape index (κ3) is 6.01. The number of hydrogen-bond acceptors (Lipinski definition) is 4. The summed E-state index contributed by atoms with van der Waals surface area (Å²) in [6, 6.07) is 6.66. The number of primary sulfonamides is 1. The molecule has 1 amide bonds. The largest absolute Gasteiger partial charge is 0.351 e. The zero-order valence-corrected chi connectivity index (χ0v) is 11.0. The summed E-state index contributed by atoms with van der Waals surface area (Å²) >= 11 is 0. The molecule has 7 heteroatoms. The van der Waals surface area contributed by atoms with E-state index in [0.29, 0.717) is 11.1 Å². The van der Waals surface area contributed by atoms with Crippen LogP contribution in [0.25, 0.3) is 0 Å². The maximum Gasteiger partial charge on any atom is 0.251 e. The minimum absolute atomic E-state index is 0.0314. The second-order valence-electron chi connectivity index (χ2n) is 3.71. The first-order chi connectivity index (χ1) is 8.92. The van der Waals surface area contributed by atoms with Gasteiger partial charge in [-0.25, -0.2) is 13.6 Å². The molecule has 0 atom stereocenters. The molecule has 19 heavy (non-hydrogen) atoms. The molecule has 1 aromatic carbocycles. The molecule has 0 saturated carbocycles. The number of amides is 1. The Bertz CT molecular complexity index is 615. The van der Waals surface area contributed by atoms with Crippen molar-refractivity contribution in [3.63, 3.8) is 0 Å². The fraction of sp³-hybridized carbons (Fsp3) is 0.250. The zero-order chi connectivity index (χ0) is 14.3. The van der Waals surface area contributed by atoms with E-state index in [2.05, 4.69) is 17.2 Å². The Labute approximate surface area is 112 Å². The minimum atomic E-state index is -3.57. The van der Waals surface area contributed by atoms with E-state index in [1.807, 2.05) is 0 Å². The number of nitrogens with two attached hydrogens (primary N) is 2. The van der Waals surface area contributed by atoms with Crippen molar-refractivity contribution in [2.75, 3.05) is 18.8 Å². The van der Waals surface area contributed by atoms with Crippen LogP contribution < -0.4 is 16.2 Å². The van der Waals surface area contributed by atoms with E-state index in [1.54, 1.807) is 24.3 Å². The van der Waals surface area contributed by atoms with Crippen LogP contribution in [0.3, 0.4) is 0 Å². The topological polar surface area (TPSA) is 115 Å². The third-order valence-corrected chi connectivity index (χ3v) is 2.90. The van der Waals surface area contributed by atoms with Gasteiger partial charge in [-0.2, -0.15) is 0 Å². The van der Waals surface area contributed by atoms with Crippen molar-refractivity contribution in [2.24, 2.45) is 10.9 Å². The molecule has 5 N–H and O–H groups in total. The molecule has 0 aliphatic carbocycles. The summed E-state index contributed by atoms with van der Waals surface area (Å²) in [6.45, 7) is 0.209. The van der Waals surface area contributed by atoms with Crippen molar-refractivity contribution < 1.29 is 13.2 Å². The average Bonchev–Trinajstić information content (AvgIpc) is 2.35. The van der Waals surface area contributed by atoms with E-state index in [1.165, 1.54) is 0 Å². The second-order valence-corrected chi connectivity index (χ2v) is 5.44. The van der Waals surface area contributed by atoms with Gasteiger partial charge in [0.25, 0.3) is 5.91 Å². The van der Waals surface area contributed by atoms with Crippen molar-refractivity contribution in [3.05, 3.63) is 35.4 Å². The average molecular weight is 281 g/mol. The molecule has 0 aliphatic heterocycles. The van der Waals surface area contributed by atoms with Crippen LogP contribution in [0.4, 0.5) is 0 Å². The van der Waals surface area contributed by atoms with Crippen molar-refractivity contribution in [1.82, 2.24) is 5.32 Å². The van der Waals surface area contributed by atoms with Gasteiger partial charge in [-0.05, 0) is 18.2 Å². The van der Waals surface area contributed by atoms with Gasteiger partial charge in [0.15, 0.2) is 0 Å². The van der Waals surface area contributed by atoms with Gasteiger partial charge < -0.3 is 11.1 Å². The lowest BCUT2D eigenvalue weighted by atomic mass is 10.1. The molecular formula is C12H15N3O3S. The monoisotopic (exact) mass is 281 g/mol. The van der Waals surface area contributed by atoms with Gasteiger partial charge in [0.1, 0.15) is 0 Å². The van der Waals surface area contributed by atoms with Crippen molar-refractivity contribution >= 4 is 15.9 Å². The van der Waals surface area contributed by atoms with E-state index >= 15 is 0 Å². The Kier molecular flexibility index (Phi) is 5.51. The quantitative estimate of drug-likeness (QED) is 0.615. The van der Waals surface area contributed by atoms with Crippen LogP contribution in [-0.2, 0) is 10.0 Å². The third-order valence-electron chi connectivity index (χ3n) is 2.13. The standard InChI is InChI=1S/C12H15N3O3S/c13-6-2-4-10-3-1-5-11(9-10)12(16)15-7-8-19(14,17)18/h1,3,5,9H,6-8,13H2,(H,15,16)(H2,14,17,18). The normalized spacial score (nSPS) is 10.4. The summed E-state index contributed by atoms with van der Waals surface area (Å²) in [6.07, 6.45) is 0. The number of nitrogens with one attached hydrogen (secondary N) is 1. The van der Waals surface area contributed by atoms with Crippen LogP contribution >= 0.6 is 0 Å². The minimum Gasteiger partial charge on any atom is -0.351 e. The number of rotatable bonds is 4. The molecule has 0 radical (unpaired) electrons. The molecule has 0 unspecified atom stereocenters. The molecular weight excluding hydrogens is 266 g/mol. The highest BCUT2D eigenvalue weighted by Crippen LogP contribution is 2.03. The summed E-state index contributed by atoms with van der Waals surface area (Å²) in [5.41, 5.74) is 6.33. The Morgan fingerprint density at radius 2 is 2.11 bits per heavy atom. The first-order valence-electron chi connectivity index (χ1n) is 5.50. The fourth-order valence-corrected chi connectivity index (χ4v) is 1.69. The lowest BCUT2D eigenvalue weighted by Crippen LogP contribution is -2.31. The predicted octanol–water partition coefficient (Wildman–Crippen LogP) is -0.985. The summed E-state index contributed by atoms with van der Waals surface area (Å²) in [4.78, 5) is 11.7. The summed E-state index contributed by atoms with van der Waals surface area (Å²) in [5.74, 6) is 4.82. The Morgan fingerprint density at radius 3 is 2.74 bits per heavy atom. The van der Waals surface area contributed by atoms with Crippen molar-refractivity contribution in [3.8, 4) is 11.8 Å². The van der Waals surface area contributed by atoms with Gasteiger partial charge >= 0.3 is 0 Å². The van der Waals surface area contributed by atoms with E-state index in [9.17, 15) is 13.2 Å². The zero-order valence-electron chi connectivity index (χ0n) is 10.2. The highest BCUT2D eigenvalue weighted by molar-refractivity contribution is 7.89. The molecule has 1 aromatic rings. The molecule has 0 heterocycles. The highest BCUT2D eigenvalue weighted by Gasteiger charge is 2.07. The van der Waals surface area contributed by atoms with E-state index in [4.69, 9.17) is 10.9 Å². The van der Waals surface area contributed by atoms with E-state index in [-0.39, 0.29) is 24.7 Å². The van der Waals surface area contributed by atoms with Crippen LogP contribution in [0.2, 0.25) is 0 Å². The van der Waals surface area contributed by atoms with Crippen molar-refractivity contribution in [2.45, 2.75) is 0 Å². The van der Waals surface area contributed by atoms with Gasteiger partial charge in [-0.15, -0.1) is 0 Å². The predicted molar refractivity (Wildman–Crippen MR) is 72.7 cm³/mol. The number of hydrogen-bond donors (Lipinski definition) is 3. The van der Waals surface area contributed by atoms with Gasteiger partial charge in [0, 0.05) is 17.7 Å². The maximum atomic E-state index is 11.7. The van der Waals surface area contributed by atoms with Crippen LogP contribution in [0.1, 0.15) is 15.9 Å². The van der Waals surface area contributed by atoms with E-state index in [0.717, 1.165) is 0 Å². The lowest BCUT2D eigenvalue weighted by Gasteiger charge is -2.04. The molecule has 0 aliphatic rings. The van der Waals surface area contributed by atoms with Gasteiger partial charge in [0.05, 0.1) is 12.3 Å². The number of sulfonamides is 1. The summed E-state index contributed by atoms with van der Waals surface area (Å²) in [7, 11) is -3.57. The molecule has 0 saturated heterocycles. The molecule has 0 spiro atoms. The highest BCUT2D eigenvalue weighted by atomic mass is 32.2. The molecule has 6 nitrogen and oxygen atoms in total. The molecule has 102 valence electrons. The molecule has 0 aromatic heterocycles. The SMILES string of the molecule is NCC#Cc1cccc(C(=O)NCCS(N)(=O)=O)c1. The Hall–Kier alpha value is -1.88. The molecule has 0 fully saturated rings. The van der Waals surface area contributed by atoms with Crippen LogP contribution in [0.5, 0.6) is 0 Å². The number of carbonyl (C=O) groups excluding carboxylic acids is 1. The summed E-state index contributed by atoms with van der Waals surface area (Å²) in [5, 5.41) is 7.30. The Balaban J connectivity index is 2.67.